The normalized spacial score (nSPS) is 27.1. The van der Waals surface area contributed by atoms with Crippen LogP contribution in [0.25, 0.3) is 0 Å². The third-order valence-electron chi connectivity index (χ3n) is 4.32. The van der Waals surface area contributed by atoms with Crippen LogP contribution in [0.4, 0.5) is 0 Å². The first-order valence-corrected chi connectivity index (χ1v) is 8.16. The SMILES string of the molecule is CCN(Cc1cccc(C)n1)C1(CN)CCSC1C. The zero-order valence-electron chi connectivity index (χ0n) is 12.2. The molecular weight excluding hydrogens is 254 g/mol. The van der Waals surface area contributed by atoms with Gasteiger partial charge in [0.1, 0.15) is 0 Å². The van der Waals surface area contributed by atoms with Crippen molar-refractivity contribution in [3.63, 3.8) is 0 Å². The monoisotopic (exact) mass is 279 g/mol. The van der Waals surface area contributed by atoms with Gasteiger partial charge in [0.2, 0.25) is 0 Å². The van der Waals surface area contributed by atoms with Gasteiger partial charge in [0.15, 0.2) is 0 Å². The highest BCUT2D eigenvalue weighted by Crippen LogP contribution is 2.40. The average molecular weight is 279 g/mol. The number of pyridine rings is 1. The van der Waals surface area contributed by atoms with E-state index >= 15 is 0 Å². The van der Waals surface area contributed by atoms with E-state index in [1.54, 1.807) is 0 Å². The number of aryl methyl sites for hydroxylation is 1. The molecule has 0 spiro atoms. The average Bonchev–Trinajstić information content (AvgIpc) is 2.78. The lowest BCUT2D eigenvalue weighted by molar-refractivity contribution is 0.0938. The summed E-state index contributed by atoms with van der Waals surface area (Å²) >= 11 is 2.04. The second kappa shape index (κ2) is 6.25. The summed E-state index contributed by atoms with van der Waals surface area (Å²) in [6.45, 7) is 9.26. The first-order valence-electron chi connectivity index (χ1n) is 7.11. The van der Waals surface area contributed by atoms with E-state index in [0.717, 1.165) is 31.0 Å². The number of nitrogens with zero attached hydrogens (tertiary/aromatic N) is 2. The molecule has 0 aromatic carbocycles. The van der Waals surface area contributed by atoms with Crippen molar-refractivity contribution in [2.75, 3.05) is 18.8 Å². The zero-order chi connectivity index (χ0) is 13.9. The van der Waals surface area contributed by atoms with Gasteiger partial charge in [-0.15, -0.1) is 0 Å². The third kappa shape index (κ3) is 2.96. The van der Waals surface area contributed by atoms with Gasteiger partial charge >= 0.3 is 0 Å². The van der Waals surface area contributed by atoms with Gasteiger partial charge in [-0.2, -0.15) is 11.8 Å². The van der Waals surface area contributed by atoms with Crippen LogP contribution in [0.3, 0.4) is 0 Å². The summed E-state index contributed by atoms with van der Waals surface area (Å²) in [5, 5.41) is 0.599. The Morgan fingerprint density at radius 3 is 2.84 bits per heavy atom. The smallest absolute Gasteiger partial charge is 0.0547 e. The molecule has 2 N–H and O–H groups in total. The Morgan fingerprint density at radius 2 is 2.32 bits per heavy atom. The van der Waals surface area contributed by atoms with Crippen LogP contribution in [0.15, 0.2) is 18.2 Å². The highest BCUT2D eigenvalue weighted by atomic mass is 32.2. The van der Waals surface area contributed by atoms with Gasteiger partial charge in [-0.25, -0.2) is 0 Å². The molecule has 1 saturated heterocycles. The van der Waals surface area contributed by atoms with Gasteiger partial charge in [-0.1, -0.05) is 19.9 Å². The maximum absolute atomic E-state index is 6.14. The third-order valence-corrected chi connectivity index (χ3v) is 5.70. The van der Waals surface area contributed by atoms with Crippen molar-refractivity contribution in [1.82, 2.24) is 9.88 Å². The van der Waals surface area contributed by atoms with E-state index in [1.807, 2.05) is 24.8 Å². The molecule has 2 atom stereocenters. The fourth-order valence-electron chi connectivity index (χ4n) is 3.05. The Kier molecular flexibility index (Phi) is 4.87. The summed E-state index contributed by atoms with van der Waals surface area (Å²) in [6.07, 6.45) is 1.19. The van der Waals surface area contributed by atoms with Gasteiger partial charge < -0.3 is 5.73 Å². The van der Waals surface area contributed by atoms with Crippen LogP contribution < -0.4 is 5.73 Å². The zero-order valence-corrected chi connectivity index (χ0v) is 13.0. The van der Waals surface area contributed by atoms with Gasteiger partial charge in [0.05, 0.1) is 5.69 Å². The van der Waals surface area contributed by atoms with Crippen molar-refractivity contribution in [2.45, 2.75) is 44.5 Å². The lowest BCUT2D eigenvalue weighted by Gasteiger charge is -2.42. The highest BCUT2D eigenvalue weighted by Gasteiger charge is 2.44. The predicted molar refractivity (Wildman–Crippen MR) is 83.4 cm³/mol. The highest BCUT2D eigenvalue weighted by molar-refractivity contribution is 8.00. The maximum Gasteiger partial charge on any atom is 0.0547 e. The molecule has 0 aliphatic carbocycles. The maximum atomic E-state index is 6.14. The van der Waals surface area contributed by atoms with Crippen LogP contribution in [0, 0.1) is 6.92 Å². The second-order valence-electron chi connectivity index (χ2n) is 5.36. The van der Waals surface area contributed by atoms with Crippen LogP contribution in [0.2, 0.25) is 0 Å². The summed E-state index contributed by atoms with van der Waals surface area (Å²) in [4.78, 5) is 7.16. The summed E-state index contributed by atoms with van der Waals surface area (Å²) in [7, 11) is 0. The Labute approximate surface area is 121 Å². The molecule has 0 saturated carbocycles. The number of thioether (sulfide) groups is 1. The Balaban J connectivity index is 2.19. The van der Waals surface area contributed by atoms with Crippen molar-refractivity contribution in [3.05, 3.63) is 29.6 Å². The molecule has 0 bridgehead atoms. The molecule has 1 aliphatic rings. The molecule has 2 heterocycles. The first kappa shape index (κ1) is 14.8. The fourth-order valence-corrected chi connectivity index (χ4v) is 4.55. The molecule has 1 aromatic heterocycles. The standard InChI is InChI=1S/C15H25N3S/c1-4-18(10-14-7-5-6-12(2)17-14)15(11-16)8-9-19-13(15)3/h5-7,13H,4,8-11,16H2,1-3H3. The second-order valence-corrected chi connectivity index (χ2v) is 6.80. The van der Waals surface area contributed by atoms with E-state index in [1.165, 1.54) is 12.2 Å². The van der Waals surface area contributed by atoms with E-state index < -0.39 is 0 Å². The summed E-state index contributed by atoms with van der Waals surface area (Å²) in [5.74, 6) is 1.22. The largest absolute Gasteiger partial charge is 0.329 e. The summed E-state index contributed by atoms with van der Waals surface area (Å²) in [5.41, 5.74) is 8.53. The van der Waals surface area contributed by atoms with Gasteiger partial charge in [-0.05, 0) is 37.8 Å². The topological polar surface area (TPSA) is 42.2 Å². The fraction of sp³-hybridized carbons (Fsp3) is 0.667. The number of aromatic nitrogens is 1. The van der Waals surface area contributed by atoms with Crippen LogP contribution in [-0.2, 0) is 6.54 Å². The van der Waals surface area contributed by atoms with Crippen molar-refractivity contribution in [3.8, 4) is 0 Å². The molecule has 2 rings (SSSR count). The summed E-state index contributed by atoms with van der Waals surface area (Å²) in [6, 6.07) is 6.26. The van der Waals surface area contributed by atoms with Crippen molar-refractivity contribution < 1.29 is 0 Å². The van der Waals surface area contributed by atoms with Crippen molar-refractivity contribution in [2.24, 2.45) is 5.73 Å². The van der Waals surface area contributed by atoms with E-state index in [2.05, 4.69) is 35.9 Å². The van der Waals surface area contributed by atoms with Crippen LogP contribution >= 0.6 is 11.8 Å². The lowest BCUT2D eigenvalue weighted by Crippen LogP contribution is -2.57. The van der Waals surface area contributed by atoms with E-state index in [4.69, 9.17) is 5.73 Å². The van der Waals surface area contributed by atoms with Gasteiger partial charge in [0, 0.05) is 29.6 Å². The lowest BCUT2D eigenvalue weighted by atomic mass is 9.90. The minimum Gasteiger partial charge on any atom is -0.329 e. The first-order chi connectivity index (χ1) is 9.12. The molecular formula is C15H25N3S. The number of rotatable bonds is 5. The molecule has 1 fully saturated rings. The summed E-state index contributed by atoms with van der Waals surface area (Å²) < 4.78 is 0. The molecule has 19 heavy (non-hydrogen) atoms. The molecule has 3 nitrogen and oxygen atoms in total. The number of likely N-dealkylation sites (N-methyl/N-ethyl adjacent to an activating group) is 1. The Morgan fingerprint density at radius 1 is 1.53 bits per heavy atom. The minimum absolute atomic E-state index is 0.144. The van der Waals surface area contributed by atoms with E-state index in [-0.39, 0.29) is 5.54 Å². The van der Waals surface area contributed by atoms with Gasteiger partial charge in [-0.3, -0.25) is 9.88 Å². The molecule has 106 valence electrons. The van der Waals surface area contributed by atoms with Crippen LogP contribution in [0.5, 0.6) is 0 Å². The van der Waals surface area contributed by atoms with Gasteiger partial charge in [0.25, 0.3) is 0 Å². The van der Waals surface area contributed by atoms with Crippen LogP contribution in [-0.4, -0.2) is 39.5 Å². The van der Waals surface area contributed by atoms with Crippen molar-refractivity contribution in [1.29, 1.82) is 0 Å². The molecule has 2 unspecified atom stereocenters. The van der Waals surface area contributed by atoms with Crippen LogP contribution in [0.1, 0.15) is 31.7 Å². The number of hydrogen-bond acceptors (Lipinski definition) is 4. The number of nitrogens with two attached hydrogens (primary N) is 1. The Bertz CT molecular complexity index is 424. The Hall–Kier alpha value is -0.580. The minimum atomic E-state index is 0.144. The predicted octanol–water partition coefficient (Wildman–Crippen LogP) is 2.43. The van der Waals surface area contributed by atoms with Crippen molar-refractivity contribution >= 4 is 11.8 Å². The quantitative estimate of drug-likeness (QED) is 0.899. The van der Waals surface area contributed by atoms with E-state index in [9.17, 15) is 0 Å². The number of hydrogen-bond donors (Lipinski definition) is 1. The molecule has 1 aromatic rings. The molecule has 1 aliphatic heterocycles. The molecule has 4 heteroatoms. The van der Waals surface area contributed by atoms with E-state index in [0.29, 0.717) is 5.25 Å². The molecule has 0 amide bonds. The molecule has 0 radical (unpaired) electrons.